The van der Waals surface area contributed by atoms with Crippen LogP contribution >= 0.6 is 11.6 Å². The van der Waals surface area contributed by atoms with E-state index in [1.54, 1.807) is 23.1 Å². The normalized spacial score (nSPS) is 20.4. The Morgan fingerprint density at radius 1 is 1.53 bits per heavy atom. The van der Waals surface area contributed by atoms with Gasteiger partial charge >= 0.3 is 0 Å². The minimum absolute atomic E-state index is 0.0923. The lowest BCUT2D eigenvalue weighted by molar-refractivity contribution is -0.137. The van der Waals surface area contributed by atoms with Gasteiger partial charge < -0.3 is 9.64 Å². The molecule has 17 heavy (non-hydrogen) atoms. The number of hydrogen-bond donors (Lipinski definition) is 0. The Hall–Kier alpha value is -1.13. The highest BCUT2D eigenvalue weighted by molar-refractivity contribution is 6.27. The summed E-state index contributed by atoms with van der Waals surface area (Å²) in [5, 5.41) is 0. The summed E-state index contributed by atoms with van der Waals surface area (Å²) < 4.78 is 19.0. The fourth-order valence-electron chi connectivity index (χ4n) is 1.98. The Morgan fingerprint density at radius 2 is 2.29 bits per heavy atom. The number of hydrogen-bond acceptors (Lipinski definition) is 2. The Kier molecular flexibility index (Phi) is 3.97. The number of benzene rings is 1. The highest BCUT2D eigenvalue weighted by atomic mass is 35.5. The van der Waals surface area contributed by atoms with Crippen molar-refractivity contribution >= 4 is 17.5 Å². The summed E-state index contributed by atoms with van der Waals surface area (Å²) in [6.07, 6.45) is 0. The van der Waals surface area contributed by atoms with E-state index in [0.29, 0.717) is 25.3 Å². The van der Waals surface area contributed by atoms with Crippen LogP contribution in [0.15, 0.2) is 24.3 Å². The number of halogens is 2. The van der Waals surface area contributed by atoms with Crippen molar-refractivity contribution in [3.63, 3.8) is 0 Å². The first kappa shape index (κ1) is 12.3. The summed E-state index contributed by atoms with van der Waals surface area (Å²) >= 11 is 5.55. The molecule has 1 aromatic carbocycles. The van der Waals surface area contributed by atoms with Crippen LogP contribution < -0.4 is 0 Å². The maximum atomic E-state index is 13.7. The van der Waals surface area contributed by atoms with Crippen LogP contribution in [-0.2, 0) is 9.53 Å². The first-order valence-corrected chi connectivity index (χ1v) is 5.95. The van der Waals surface area contributed by atoms with Gasteiger partial charge in [-0.2, -0.15) is 0 Å². The zero-order chi connectivity index (χ0) is 12.3. The lowest BCUT2D eigenvalue weighted by atomic mass is 10.0. The molecule has 1 aliphatic heterocycles. The maximum Gasteiger partial charge on any atom is 0.238 e. The van der Waals surface area contributed by atoms with E-state index in [1.807, 2.05) is 0 Å². The van der Waals surface area contributed by atoms with Crippen molar-refractivity contribution in [2.45, 2.75) is 6.04 Å². The summed E-state index contributed by atoms with van der Waals surface area (Å²) in [5.74, 6) is -0.608. The van der Waals surface area contributed by atoms with Gasteiger partial charge in [0.15, 0.2) is 0 Å². The van der Waals surface area contributed by atoms with Gasteiger partial charge in [-0.3, -0.25) is 4.79 Å². The van der Waals surface area contributed by atoms with Gasteiger partial charge in [-0.15, -0.1) is 11.6 Å². The van der Waals surface area contributed by atoms with Crippen LogP contribution in [0.25, 0.3) is 0 Å². The lowest BCUT2D eigenvalue weighted by Crippen LogP contribution is -2.44. The van der Waals surface area contributed by atoms with Crippen molar-refractivity contribution in [1.82, 2.24) is 4.90 Å². The number of nitrogens with zero attached hydrogens (tertiary/aromatic N) is 1. The minimum atomic E-state index is -0.379. The fraction of sp³-hybridized carbons (Fsp3) is 0.417. The van der Waals surface area contributed by atoms with E-state index in [1.165, 1.54) is 6.07 Å². The van der Waals surface area contributed by atoms with Crippen molar-refractivity contribution < 1.29 is 13.9 Å². The molecule has 0 bridgehead atoms. The molecule has 1 aromatic rings. The summed E-state index contributed by atoms with van der Waals surface area (Å²) in [6.45, 7) is 1.22. The predicted molar refractivity (Wildman–Crippen MR) is 62.4 cm³/mol. The SMILES string of the molecule is O=C(CCl)N1CCOCC1c1ccccc1F. The van der Waals surface area contributed by atoms with Crippen LogP contribution in [0.3, 0.4) is 0 Å². The molecule has 1 fully saturated rings. The molecule has 2 rings (SSSR count). The van der Waals surface area contributed by atoms with Gasteiger partial charge in [0.1, 0.15) is 11.7 Å². The fourth-order valence-corrected chi connectivity index (χ4v) is 2.14. The number of alkyl halides is 1. The second-order valence-corrected chi connectivity index (χ2v) is 4.10. The topological polar surface area (TPSA) is 29.5 Å². The number of amides is 1. The number of carbonyl (C=O) groups is 1. The van der Waals surface area contributed by atoms with Gasteiger partial charge in [-0.25, -0.2) is 4.39 Å². The first-order chi connectivity index (χ1) is 8.24. The second kappa shape index (κ2) is 5.47. The summed E-state index contributed by atoms with van der Waals surface area (Å²) in [6, 6.07) is 6.04. The van der Waals surface area contributed by atoms with Crippen molar-refractivity contribution in [3.8, 4) is 0 Å². The molecule has 1 atom stereocenters. The van der Waals surface area contributed by atoms with E-state index in [4.69, 9.17) is 16.3 Å². The van der Waals surface area contributed by atoms with Crippen LogP contribution in [0.2, 0.25) is 0 Å². The number of carbonyl (C=O) groups excluding carboxylic acids is 1. The molecule has 1 heterocycles. The molecule has 0 spiro atoms. The van der Waals surface area contributed by atoms with Gasteiger partial charge in [0.25, 0.3) is 0 Å². The Bertz CT molecular complexity index is 413. The largest absolute Gasteiger partial charge is 0.377 e. The number of ether oxygens (including phenoxy) is 1. The maximum absolute atomic E-state index is 13.7. The van der Waals surface area contributed by atoms with Gasteiger partial charge in [0.2, 0.25) is 5.91 Å². The average Bonchev–Trinajstić information content (AvgIpc) is 2.38. The Morgan fingerprint density at radius 3 is 3.00 bits per heavy atom. The Balaban J connectivity index is 2.28. The molecular formula is C12H13ClFNO2. The van der Waals surface area contributed by atoms with E-state index in [9.17, 15) is 9.18 Å². The van der Waals surface area contributed by atoms with Crippen LogP contribution in [0, 0.1) is 5.82 Å². The van der Waals surface area contributed by atoms with Gasteiger partial charge in [0.05, 0.1) is 19.3 Å². The van der Waals surface area contributed by atoms with Crippen LogP contribution in [0.4, 0.5) is 4.39 Å². The van der Waals surface area contributed by atoms with Crippen molar-refractivity contribution in [2.75, 3.05) is 25.6 Å². The first-order valence-electron chi connectivity index (χ1n) is 5.41. The molecule has 3 nitrogen and oxygen atoms in total. The Labute approximate surface area is 104 Å². The van der Waals surface area contributed by atoms with Crippen LogP contribution in [-0.4, -0.2) is 36.4 Å². The highest BCUT2D eigenvalue weighted by Crippen LogP contribution is 2.26. The van der Waals surface area contributed by atoms with Gasteiger partial charge in [-0.05, 0) is 6.07 Å². The molecular weight excluding hydrogens is 245 g/mol. The smallest absolute Gasteiger partial charge is 0.238 e. The van der Waals surface area contributed by atoms with E-state index < -0.39 is 0 Å². The molecule has 5 heteroatoms. The monoisotopic (exact) mass is 257 g/mol. The summed E-state index contributed by atoms with van der Waals surface area (Å²) in [5.41, 5.74) is 0.477. The molecule has 0 aliphatic carbocycles. The molecule has 0 N–H and O–H groups in total. The quantitative estimate of drug-likeness (QED) is 0.758. The number of rotatable bonds is 2. The third-order valence-electron chi connectivity index (χ3n) is 2.83. The lowest BCUT2D eigenvalue weighted by Gasteiger charge is -2.35. The molecule has 1 amide bonds. The van der Waals surface area contributed by atoms with Crippen molar-refractivity contribution in [2.24, 2.45) is 0 Å². The molecule has 1 aliphatic rings. The standard InChI is InChI=1S/C12H13ClFNO2/c13-7-12(16)15-5-6-17-8-11(15)9-3-1-2-4-10(9)14/h1-4,11H,5-8H2. The number of morpholine rings is 1. The second-order valence-electron chi connectivity index (χ2n) is 3.83. The van der Waals surface area contributed by atoms with Crippen molar-refractivity contribution in [3.05, 3.63) is 35.6 Å². The highest BCUT2D eigenvalue weighted by Gasteiger charge is 2.29. The molecule has 1 unspecified atom stereocenters. The third kappa shape index (κ3) is 2.58. The molecule has 0 radical (unpaired) electrons. The molecule has 0 aromatic heterocycles. The molecule has 1 saturated heterocycles. The zero-order valence-electron chi connectivity index (χ0n) is 9.23. The van der Waals surface area contributed by atoms with E-state index in [-0.39, 0.29) is 23.6 Å². The summed E-state index contributed by atoms with van der Waals surface area (Å²) in [7, 11) is 0. The van der Waals surface area contributed by atoms with Crippen molar-refractivity contribution in [1.29, 1.82) is 0 Å². The van der Waals surface area contributed by atoms with Gasteiger partial charge in [0, 0.05) is 12.1 Å². The predicted octanol–water partition coefficient (Wildman–Crippen LogP) is 1.96. The van der Waals surface area contributed by atoms with E-state index in [0.717, 1.165) is 0 Å². The minimum Gasteiger partial charge on any atom is -0.377 e. The zero-order valence-corrected chi connectivity index (χ0v) is 9.99. The summed E-state index contributed by atoms with van der Waals surface area (Å²) in [4.78, 5) is 13.3. The van der Waals surface area contributed by atoms with Gasteiger partial charge in [-0.1, -0.05) is 18.2 Å². The third-order valence-corrected chi connectivity index (χ3v) is 3.06. The molecule has 0 saturated carbocycles. The van der Waals surface area contributed by atoms with E-state index in [2.05, 4.69) is 0 Å². The van der Waals surface area contributed by atoms with Crippen LogP contribution in [0.1, 0.15) is 11.6 Å². The van der Waals surface area contributed by atoms with E-state index >= 15 is 0 Å². The average molecular weight is 258 g/mol. The van der Waals surface area contributed by atoms with Crippen LogP contribution in [0.5, 0.6) is 0 Å². The molecule has 92 valence electrons.